The highest BCUT2D eigenvalue weighted by Gasteiger charge is 2.19. The lowest BCUT2D eigenvalue weighted by molar-refractivity contribution is -0.390. The average Bonchev–Trinajstić information content (AvgIpc) is 2.84. The van der Waals surface area contributed by atoms with Crippen molar-refractivity contribution >= 4 is 23.6 Å². The summed E-state index contributed by atoms with van der Waals surface area (Å²) in [7, 11) is 0. The second-order valence-electron chi connectivity index (χ2n) is 4.09. The van der Waals surface area contributed by atoms with Gasteiger partial charge in [-0.05, 0) is 35.3 Å². The molecule has 6 heteroatoms. The zero-order valence-corrected chi connectivity index (χ0v) is 10.4. The molecule has 6 nitrogen and oxygen atoms in total. The first-order chi connectivity index (χ1) is 9.75. The van der Waals surface area contributed by atoms with Gasteiger partial charge in [-0.2, -0.15) is 4.40 Å². The van der Waals surface area contributed by atoms with Crippen LogP contribution in [0.5, 0.6) is 0 Å². The fraction of sp³-hybridized carbons (Fsp3) is 0. The van der Waals surface area contributed by atoms with Gasteiger partial charge in [0.15, 0.2) is 5.69 Å². The summed E-state index contributed by atoms with van der Waals surface area (Å²) in [6.07, 6.45) is 6.60. The van der Waals surface area contributed by atoms with Crippen molar-refractivity contribution in [1.29, 1.82) is 0 Å². The topological polar surface area (TPSA) is 73.3 Å². The number of hydrogen-bond donors (Lipinski definition) is 0. The monoisotopic (exact) mass is 266 g/mol. The van der Waals surface area contributed by atoms with Crippen LogP contribution in [-0.4, -0.2) is 19.3 Å². The SMILES string of the molecule is O=[N+]([O-])c1c(/C=C/c2ccccn2)nc2ccccn12. The van der Waals surface area contributed by atoms with Crippen molar-refractivity contribution < 1.29 is 4.92 Å². The normalized spacial score (nSPS) is 11.2. The maximum atomic E-state index is 11.2. The van der Waals surface area contributed by atoms with Crippen LogP contribution in [0.3, 0.4) is 0 Å². The van der Waals surface area contributed by atoms with E-state index in [9.17, 15) is 10.1 Å². The van der Waals surface area contributed by atoms with Crippen molar-refractivity contribution in [2.75, 3.05) is 0 Å². The van der Waals surface area contributed by atoms with E-state index < -0.39 is 4.92 Å². The quantitative estimate of drug-likeness (QED) is 0.539. The fourth-order valence-electron chi connectivity index (χ4n) is 1.93. The van der Waals surface area contributed by atoms with Crippen molar-refractivity contribution in [2.45, 2.75) is 0 Å². The predicted octanol–water partition coefficient (Wildman–Crippen LogP) is 2.81. The van der Waals surface area contributed by atoms with Gasteiger partial charge in [0.05, 0.1) is 11.9 Å². The van der Waals surface area contributed by atoms with Crippen molar-refractivity contribution in [3.05, 3.63) is 70.3 Å². The molecular weight excluding hydrogens is 256 g/mol. The first-order valence-electron chi connectivity index (χ1n) is 5.96. The van der Waals surface area contributed by atoms with Gasteiger partial charge in [-0.3, -0.25) is 4.98 Å². The molecule has 0 N–H and O–H groups in total. The molecule has 3 heterocycles. The van der Waals surface area contributed by atoms with Gasteiger partial charge in [-0.15, -0.1) is 0 Å². The first kappa shape index (κ1) is 12.0. The number of nitro groups is 1. The largest absolute Gasteiger partial charge is 0.358 e. The summed E-state index contributed by atoms with van der Waals surface area (Å²) in [5.74, 6) is -0.0484. The fourth-order valence-corrected chi connectivity index (χ4v) is 1.93. The van der Waals surface area contributed by atoms with Gasteiger partial charge in [-0.1, -0.05) is 12.1 Å². The lowest BCUT2D eigenvalue weighted by Gasteiger charge is -1.94. The lowest BCUT2D eigenvalue weighted by atomic mass is 10.3. The van der Waals surface area contributed by atoms with Gasteiger partial charge < -0.3 is 10.1 Å². The summed E-state index contributed by atoms with van der Waals surface area (Å²) in [6, 6.07) is 10.7. The van der Waals surface area contributed by atoms with E-state index >= 15 is 0 Å². The van der Waals surface area contributed by atoms with Crippen LogP contribution in [-0.2, 0) is 0 Å². The van der Waals surface area contributed by atoms with Gasteiger partial charge >= 0.3 is 5.82 Å². The average molecular weight is 266 g/mol. The lowest BCUT2D eigenvalue weighted by Crippen LogP contribution is -1.95. The highest BCUT2D eigenvalue weighted by atomic mass is 16.6. The third-order valence-corrected chi connectivity index (χ3v) is 2.80. The molecule has 0 aromatic carbocycles. The molecule has 20 heavy (non-hydrogen) atoms. The summed E-state index contributed by atoms with van der Waals surface area (Å²) in [5, 5.41) is 11.2. The molecule has 0 aliphatic heterocycles. The molecule has 98 valence electrons. The predicted molar refractivity (Wildman–Crippen MR) is 75.0 cm³/mol. The summed E-state index contributed by atoms with van der Waals surface area (Å²) >= 11 is 0. The summed E-state index contributed by atoms with van der Waals surface area (Å²) in [4.78, 5) is 19.2. The Morgan fingerprint density at radius 1 is 1.15 bits per heavy atom. The van der Waals surface area contributed by atoms with Crippen LogP contribution in [0.2, 0.25) is 0 Å². The minimum atomic E-state index is -0.432. The van der Waals surface area contributed by atoms with Crippen LogP contribution in [0.25, 0.3) is 17.8 Å². The number of nitrogens with zero attached hydrogens (tertiary/aromatic N) is 4. The second-order valence-corrected chi connectivity index (χ2v) is 4.09. The van der Waals surface area contributed by atoms with E-state index in [2.05, 4.69) is 9.97 Å². The Morgan fingerprint density at radius 3 is 2.75 bits per heavy atom. The van der Waals surface area contributed by atoms with E-state index in [1.54, 1.807) is 42.7 Å². The van der Waals surface area contributed by atoms with Crippen LogP contribution < -0.4 is 0 Å². The van der Waals surface area contributed by atoms with Gasteiger partial charge in [-0.25, -0.2) is 4.98 Å². The van der Waals surface area contributed by atoms with E-state index in [0.29, 0.717) is 11.3 Å². The van der Waals surface area contributed by atoms with Crippen molar-refractivity contribution in [3.63, 3.8) is 0 Å². The minimum absolute atomic E-state index is 0.0484. The molecule has 0 radical (unpaired) electrons. The maximum Gasteiger partial charge on any atom is 0.355 e. The molecule has 0 amide bonds. The smallest absolute Gasteiger partial charge is 0.355 e. The third kappa shape index (κ3) is 2.14. The number of imidazole rings is 1. The number of aromatic nitrogens is 3. The molecular formula is C14H10N4O2. The first-order valence-corrected chi connectivity index (χ1v) is 5.96. The Kier molecular flexibility index (Phi) is 2.96. The molecule has 0 atom stereocenters. The van der Waals surface area contributed by atoms with Crippen molar-refractivity contribution in [2.24, 2.45) is 0 Å². The molecule has 0 spiro atoms. The molecule has 0 aliphatic rings. The van der Waals surface area contributed by atoms with Crippen LogP contribution in [0.15, 0.2) is 48.8 Å². The molecule has 3 rings (SSSR count). The van der Waals surface area contributed by atoms with Gasteiger partial charge in [0.2, 0.25) is 5.65 Å². The van der Waals surface area contributed by atoms with Crippen molar-refractivity contribution in [3.8, 4) is 0 Å². The Balaban J connectivity index is 2.09. The molecule has 0 aliphatic carbocycles. The Morgan fingerprint density at radius 2 is 2.00 bits per heavy atom. The molecule has 3 aromatic heterocycles. The van der Waals surface area contributed by atoms with Crippen LogP contribution in [0.1, 0.15) is 11.4 Å². The molecule has 0 unspecified atom stereocenters. The van der Waals surface area contributed by atoms with E-state index in [-0.39, 0.29) is 5.82 Å². The zero-order chi connectivity index (χ0) is 13.9. The van der Waals surface area contributed by atoms with Crippen LogP contribution in [0.4, 0.5) is 5.82 Å². The minimum Gasteiger partial charge on any atom is -0.358 e. The number of fused-ring (bicyclic) bond motifs is 1. The summed E-state index contributed by atoms with van der Waals surface area (Å²) < 4.78 is 1.46. The molecule has 0 saturated carbocycles. The van der Waals surface area contributed by atoms with E-state index in [1.807, 2.05) is 18.2 Å². The number of pyridine rings is 2. The van der Waals surface area contributed by atoms with Crippen molar-refractivity contribution in [1.82, 2.24) is 14.4 Å². The van der Waals surface area contributed by atoms with Gasteiger partial charge in [0.1, 0.15) is 0 Å². The molecule has 0 bridgehead atoms. The van der Waals surface area contributed by atoms with E-state index in [0.717, 1.165) is 5.69 Å². The standard InChI is InChI=1S/C14H10N4O2/c19-18(20)14-12(8-7-11-5-1-3-9-15-11)16-13-6-2-4-10-17(13)14/h1-10H/b8-7+. The summed E-state index contributed by atoms with van der Waals surface area (Å²) in [5.41, 5.74) is 1.57. The number of hydrogen-bond acceptors (Lipinski definition) is 4. The highest BCUT2D eigenvalue weighted by molar-refractivity contribution is 5.72. The van der Waals surface area contributed by atoms with Gasteiger partial charge in [0.25, 0.3) is 0 Å². The zero-order valence-electron chi connectivity index (χ0n) is 10.4. The Labute approximate surface area is 114 Å². The molecule has 3 aromatic rings. The summed E-state index contributed by atoms with van der Waals surface area (Å²) in [6.45, 7) is 0. The highest BCUT2D eigenvalue weighted by Crippen LogP contribution is 2.22. The Bertz CT molecular complexity index is 793. The van der Waals surface area contributed by atoms with Crippen LogP contribution >= 0.6 is 0 Å². The maximum absolute atomic E-state index is 11.2. The van der Waals surface area contributed by atoms with E-state index in [4.69, 9.17) is 0 Å². The molecule has 0 fully saturated rings. The van der Waals surface area contributed by atoms with Gasteiger partial charge in [0, 0.05) is 12.3 Å². The Hall–Kier alpha value is -3.02. The second kappa shape index (κ2) is 4.93. The number of rotatable bonds is 3. The van der Waals surface area contributed by atoms with Crippen LogP contribution in [0, 0.1) is 10.1 Å². The third-order valence-electron chi connectivity index (χ3n) is 2.80. The van der Waals surface area contributed by atoms with E-state index in [1.165, 1.54) is 4.40 Å². The molecule has 0 saturated heterocycles.